The highest BCUT2D eigenvalue weighted by Gasteiger charge is 2.14. The summed E-state index contributed by atoms with van der Waals surface area (Å²) in [7, 11) is 3.42. The van der Waals surface area contributed by atoms with E-state index in [9.17, 15) is 0 Å². The van der Waals surface area contributed by atoms with Gasteiger partial charge in [-0.15, -0.1) is 0 Å². The van der Waals surface area contributed by atoms with Gasteiger partial charge < -0.3 is 20.1 Å². The van der Waals surface area contributed by atoms with Gasteiger partial charge in [-0.3, -0.25) is 0 Å². The maximum absolute atomic E-state index is 8.89. The van der Waals surface area contributed by atoms with Crippen molar-refractivity contribution in [2.45, 2.75) is 6.92 Å². The number of methoxy groups -OCH3 is 1. The third-order valence-electron chi connectivity index (χ3n) is 2.13. The van der Waals surface area contributed by atoms with Gasteiger partial charge in [-0.25, -0.2) is 9.97 Å². The monoisotopic (exact) mass is 226 g/mol. The second-order valence-electron chi connectivity index (χ2n) is 3.25. The minimum Gasteiger partial charge on any atom is -0.490 e. The molecule has 0 aliphatic carbocycles. The molecule has 2 N–H and O–H groups in total. The van der Waals surface area contributed by atoms with Crippen LogP contribution >= 0.6 is 0 Å². The summed E-state index contributed by atoms with van der Waals surface area (Å²) in [5, 5.41) is 12.0. The molecule has 0 spiro atoms. The molecule has 0 unspecified atom stereocenters. The molecular weight excluding hydrogens is 208 g/mol. The molecule has 1 aromatic heterocycles. The number of nitrogens with one attached hydrogen (secondary N) is 1. The first-order valence-electron chi connectivity index (χ1n) is 5.19. The van der Waals surface area contributed by atoms with Crippen molar-refractivity contribution in [3.8, 4) is 5.75 Å². The van der Waals surface area contributed by atoms with Crippen LogP contribution in [-0.2, 0) is 0 Å². The first kappa shape index (κ1) is 12.5. The van der Waals surface area contributed by atoms with Crippen molar-refractivity contribution in [2.24, 2.45) is 0 Å². The zero-order valence-corrected chi connectivity index (χ0v) is 9.90. The lowest BCUT2D eigenvalue weighted by atomic mass is 10.4. The van der Waals surface area contributed by atoms with E-state index in [1.165, 1.54) is 6.33 Å². The van der Waals surface area contributed by atoms with Crippen LogP contribution in [0, 0.1) is 0 Å². The third-order valence-corrected chi connectivity index (χ3v) is 2.13. The molecule has 0 saturated carbocycles. The summed E-state index contributed by atoms with van der Waals surface area (Å²) in [6.07, 6.45) is 1.48. The first-order valence-corrected chi connectivity index (χ1v) is 5.19. The van der Waals surface area contributed by atoms with Gasteiger partial charge in [-0.1, -0.05) is 0 Å². The quantitative estimate of drug-likeness (QED) is 0.729. The summed E-state index contributed by atoms with van der Waals surface area (Å²) in [6.45, 7) is 3.31. The van der Waals surface area contributed by atoms with Gasteiger partial charge in [0.25, 0.3) is 0 Å². The Balaban J connectivity index is 3.02. The number of likely N-dealkylation sites (N-methyl/N-ethyl adjacent to an activating group) is 1. The van der Waals surface area contributed by atoms with Crippen molar-refractivity contribution < 1.29 is 9.84 Å². The van der Waals surface area contributed by atoms with Crippen LogP contribution in [0.4, 0.5) is 11.6 Å². The Morgan fingerprint density at radius 2 is 2.25 bits per heavy atom. The highest BCUT2D eigenvalue weighted by molar-refractivity contribution is 5.64. The van der Waals surface area contributed by atoms with Gasteiger partial charge in [0.15, 0.2) is 11.6 Å². The zero-order chi connectivity index (χ0) is 12.0. The maximum atomic E-state index is 8.89. The van der Waals surface area contributed by atoms with Crippen LogP contribution in [-0.4, -0.2) is 48.9 Å². The van der Waals surface area contributed by atoms with Crippen LogP contribution in [0.2, 0.25) is 0 Å². The molecule has 0 aliphatic rings. The second-order valence-corrected chi connectivity index (χ2v) is 3.25. The van der Waals surface area contributed by atoms with Gasteiger partial charge in [-0.05, 0) is 6.92 Å². The Morgan fingerprint density at radius 3 is 2.81 bits per heavy atom. The van der Waals surface area contributed by atoms with E-state index in [0.29, 0.717) is 23.9 Å². The van der Waals surface area contributed by atoms with Crippen LogP contribution in [0.25, 0.3) is 0 Å². The third kappa shape index (κ3) is 2.73. The number of aliphatic hydroxyl groups is 1. The van der Waals surface area contributed by atoms with Gasteiger partial charge >= 0.3 is 0 Å². The topological polar surface area (TPSA) is 70.5 Å². The summed E-state index contributed by atoms with van der Waals surface area (Å²) in [6, 6.07) is 0. The summed E-state index contributed by atoms with van der Waals surface area (Å²) >= 11 is 0. The Labute approximate surface area is 95.3 Å². The number of rotatable bonds is 6. The van der Waals surface area contributed by atoms with Gasteiger partial charge in [0.05, 0.1) is 13.7 Å². The molecule has 6 nitrogen and oxygen atoms in total. The van der Waals surface area contributed by atoms with Crippen molar-refractivity contribution in [3.63, 3.8) is 0 Å². The van der Waals surface area contributed by atoms with Crippen molar-refractivity contribution in [1.82, 2.24) is 9.97 Å². The molecule has 0 bridgehead atoms. The van der Waals surface area contributed by atoms with Crippen LogP contribution in [0.3, 0.4) is 0 Å². The van der Waals surface area contributed by atoms with E-state index in [-0.39, 0.29) is 6.61 Å². The number of hydrogen-bond acceptors (Lipinski definition) is 6. The second kappa shape index (κ2) is 6.12. The Morgan fingerprint density at radius 1 is 1.50 bits per heavy atom. The minimum absolute atomic E-state index is 0.0696. The molecule has 0 aliphatic heterocycles. The van der Waals surface area contributed by atoms with Gasteiger partial charge in [0, 0.05) is 20.1 Å². The fraction of sp³-hybridized carbons (Fsp3) is 0.600. The number of aromatic nitrogens is 2. The molecule has 0 aromatic carbocycles. The van der Waals surface area contributed by atoms with Gasteiger partial charge in [-0.2, -0.15) is 0 Å². The van der Waals surface area contributed by atoms with Crippen molar-refractivity contribution in [2.75, 3.05) is 44.1 Å². The highest BCUT2D eigenvalue weighted by Crippen LogP contribution is 2.30. The first-order chi connectivity index (χ1) is 7.74. The van der Waals surface area contributed by atoms with Crippen molar-refractivity contribution >= 4 is 11.6 Å². The number of hydrogen-bond donors (Lipinski definition) is 2. The lowest BCUT2D eigenvalue weighted by molar-refractivity contribution is 0.303. The molecule has 1 rings (SSSR count). The maximum Gasteiger partial charge on any atom is 0.204 e. The number of anilines is 2. The Bertz CT molecular complexity index is 333. The number of nitrogens with zero attached hydrogens (tertiary/aromatic N) is 3. The summed E-state index contributed by atoms with van der Waals surface area (Å²) in [5.74, 6) is 1.93. The molecule has 90 valence electrons. The van der Waals surface area contributed by atoms with E-state index in [1.807, 2.05) is 18.9 Å². The van der Waals surface area contributed by atoms with Crippen LogP contribution < -0.4 is 15.0 Å². The molecule has 0 atom stereocenters. The average molecular weight is 226 g/mol. The van der Waals surface area contributed by atoms with E-state index in [4.69, 9.17) is 9.84 Å². The van der Waals surface area contributed by atoms with E-state index in [2.05, 4.69) is 15.3 Å². The normalized spacial score (nSPS) is 10.0. The van der Waals surface area contributed by atoms with E-state index in [1.54, 1.807) is 7.11 Å². The van der Waals surface area contributed by atoms with E-state index in [0.717, 1.165) is 6.54 Å². The van der Waals surface area contributed by atoms with Gasteiger partial charge in [0.1, 0.15) is 6.33 Å². The number of ether oxygens (including phenoxy) is 1. The highest BCUT2D eigenvalue weighted by atomic mass is 16.5. The molecule has 16 heavy (non-hydrogen) atoms. The number of aliphatic hydroxyl groups excluding tert-OH is 1. The molecule has 1 aromatic rings. The van der Waals surface area contributed by atoms with E-state index < -0.39 is 0 Å². The van der Waals surface area contributed by atoms with E-state index >= 15 is 0 Å². The molecule has 0 saturated heterocycles. The molecule has 0 amide bonds. The fourth-order valence-corrected chi connectivity index (χ4v) is 1.37. The molecule has 0 fully saturated rings. The lowest BCUT2D eigenvalue weighted by Crippen LogP contribution is -2.23. The predicted molar refractivity (Wildman–Crippen MR) is 63.1 cm³/mol. The Hall–Kier alpha value is -1.56. The average Bonchev–Trinajstić information content (AvgIpc) is 2.29. The minimum atomic E-state index is 0.0696. The van der Waals surface area contributed by atoms with Crippen LogP contribution in [0.1, 0.15) is 6.92 Å². The molecule has 0 radical (unpaired) electrons. The lowest BCUT2D eigenvalue weighted by Gasteiger charge is -2.20. The standard InChI is InChI=1S/C10H18N4O2/c1-4-11-9-8(16-3)10(13-7-12-9)14(2)5-6-15/h7,15H,4-6H2,1-3H3,(H,11,12,13). The van der Waals surface area contributed by atoms with Crippen LogP contribution in [0.15, 0.2) is 6.33 Å². The zero-order valence-electron chi connectivity index (χ0n) is 9.90. The largest absolute Gasteiger partial charge is 0.490 e. The van der Waals surface area contributed by atoms with Gasteiger partial charge in [0.2, 0.25) is 5.75 Å². The summed E-state index contributed by atoms with van der Waals surface area (Å²) < 4.78 is 5.29. The SMILES string of the molecule is CCNc1ncnc(N(C)CCO)c1OC. The molecule has 1 heterocycles. The summed E-state index contributed by atoms with van der Waals surface area (Å²) in [4.78, 5) is 10.1. The Kier molecular flexibility index (Phi) is 4.78. The van der Waals surface area contributed by atoms with Crippen molar-refractivity contribution in [3.05, 3.63) is 6.33 Å². The van der Waals surface area contributed by atoms with Crippen LogP contribution in [0.5, 0.6) is 5.75 Å². The molecular formula is C10H18N4O2. The van der Waals surface area contributed by atoms with Crippen molar-refractivity contribution in [1.29, 1.82) is 0 Å². The molecule has 6 heteroatoms. The summed E-state index contributed by atoms with van der Waals surface area (Å²) in [5.41, 5.74) is 0. The fourth-order valence-electron chi connectivity index (χ4n) is 1.37. The predicted octanol–water partition coefficient (Wildman–Crippen LogP) is 0.345. The smallest absolute Gasteiger partial charge is 0.204 e.